The highest BCUT2D eigenvalue weighted by atomic mass is 35.5. The van der Waals surface area contributed by atoms with E-state index in [0.717, 1.165) is 5.82 Å². The van der Waals surface area contributed by atoms with Gasteiger partial charge in [-0.05, 0) is 12.1 Å². The number of aromatic nitrogens is 1. The summed E-state index contributed by atoms with van der Waals surface area (Å²) in [6.45, 7) is 0. The van der Waals surface area contributed by atoms with E-state index in [0.29, 0.717) is 11.1 Å². The molecule has 4 heteroatoms. The third-order valence-electron chi connectivity index (χ3n) is 1.72. The number of thioether (sulfide) groups is 1. The largest absolute Gasteiger partial charge is 0.366 e. The topological polar surface area (TPSA) is 24.9 Å². The summed E-state index contributed by atoms with van der Waals surface area (Å²) in [6, 6.07) is 4.36. The first-order valence-corrected chi connectivity index (χ1v) is 5.34. The van der Waals surface area contributed by atoms with E-state index < -0.39 is 0 Å². The summed E-state index contributed by atoms with van der Waals surface area (Å²) in [7, 11) is 0. The Balaban J connectivity index is 1.98. The van der Waals surface area contributed by atoms with Crippen molar-refractivity contribution in [2.75, 3.05) is 16.8 Å². The molecule has 0 aromatic carbocycles. The maximum absolute atomic E-state index is 5.70. The summed E-state index contributed by atoms with van der Waals surface area (Å²) in [5.41, 5.74) is 0. The fourth-order valence-corrected chi connectivity index (χ4v) is 1.74. The Bertz CT molecular complexity index is 258. The molecule has 1 saturated heterocycles. The molecule has 1 aromatic heterocycles. The van der Waals surface area contributed by atoms with Crippen molar-refractivity contribution in [2.24, 2.45) is 0 Å². The van der Waals surface area contributed by atoms with Crippen molar-refractivity contribution in [3.05, 3.63) is 23.4 Å². The zero-order chi connectivity index (χ0) is 8.39. The van der Waals surface area contributed by atoms with Crippen molar-refractivity contribution in [2.45, 2.75) is 6.04 Å². The lowest BCUT2D eigenvalue weighted by Crippen LogP contribution is -2.33. The molecule has 1 aliphatic heterocycles. The highest BCUT2D eigenvalue weighted by molar-refractivity contribution is 8.00. The first kappa shape index (κ1) is 8.20. The number of halogens is 1. The van der Waals surface area contributed by atoms with Gasteiger partial charge in [0.05, 0.1) is 5.02 Å². The van der Waals surface area contributed by atoms with Gasteiger partial charge in [0, 0.05) is 23.7 Å². The van der Waals surface area contributed by atoms with E-state index in [4.69, 9.17) is 11.6 Å². The molecule has 64 valence electrons. The second-order valence-corrected chi connectivity index (χ2v) is 4.25. The van der Waals surface area contributed by atoms with Crippen LogP contribution in [-0.4, -0.2) is 22.5 Å². The molecule has 1 aliphatic rings. The second-order valence-electron chi connectivity index (χ2n) is 2.74. The smallest absolute Gasteiger partial charge is 0.126 e. The number of nitrogens with one attached hydrogen (secondary N) is 1. The number of nitrogens with zero attached hydrogens (tertiary/aromatic N) is 1. The van der Waals surface area contributed by atoms with E-state index in [2.05, 4.69) is 10.3 Å². The van der Waals surface area contributed by atoms with Gasteiger partial charge < -0.3 is 5.32 Å². The molecule has 0 amide bonds. The van der Waals surface area contributed by atoms with Crippen LogP contribution in [0.4, 0.5) is 5.82 Å². The molecule has 2 nitrogen and oxygen atoms in total. The van der Waals surface area contributed by atoms with Crippen molar-refractivity contribution in [1.29, 1.82) is 0 Å². The zero-order valence-corrected chi connectivity index (χ0v) is 8.03. The van der Waals surface area contributed by atoms with E-state index in [1.807, 2.05) is 23.9 Å². The molecule has 0 spiro atoms. The van der Waals surface area contributed by atoms with Crippen molar-refractivity contribution in [1.82, 2.24) is 4.98 Å². The predicted molar refractivity (Wildman–Crippen MR) is 54.0 cm³/mol. The molecule has 0 bridgehead atoms. The third kappa shape index (κ3) is 1.84. The monoisotopic (exact) mass is 200 g/mol. The quantitative estimate of drug-likeness (QED) is 0.793. The SMILES string of the molecule is Clc1ccc(NC2CSC2)nc1. The van der Waals surface area contributed by atoms with Gasteiger partial charge in [-0.25, -0.2) is 4.98 Å². The zero-order valence-electron chi connectivity index (χ0n) is 6.46. The van der Waals surface area contributed by atoms with Gasteiger partial charge in [-0.15, -0.1) is 0 Å². The van der Waals surface area contributed by atoms with Crippen LogP contribution in [0, 0.1) is 0 Å². The van der Waals surface area contributed by atoms with E-state index in [1.54, 1.807) is 6.20 Å². The van der Waals surface area contributed by atoms with Gasteiger partial charge in [-0.2, -0.15) is 11.8 Å². The Kier molecular flexibility index (Phi) is 2.42. The minimum atomic E-state index is 0.601. The minimum Gasteiger partial charge on any atom is -0.366 e. The van der Waals surface area contributed by atoms with Crippen LogP contribution in [0.25, 0.3) is 0 Å². The van der Waals surface area contributed by atoms with Gasteiger partial charge in [0.2, 0.25) is 0 Å². The molecule has 0 atom stereocenters. The first-order valence-electron chi connectivity index (χ1n) is 3.80. The van der Waals surface area contributed by atoms with Crippen LogP contribution in [0.3, 0.4) is 0 Å². The average molecular weight is 201 g/mol. The number of anilines is 1. The van der Waals surface area contributed by atoms with Crippen LogP contribution >= 0.6 is 23.4 Å². The van der Waals surface area contributed by atoms with Crippen molar-refractivity contribution in [3.63, 3.8) is 0 Å². The van der Waals surface area contributed by atoms with Crippen LogP contribution < -0.4 is 5.32 Å². The fraction of sp³-hybridized carbons (Fsp3) is 0.375. The van der Waals surface area contributed by atoms with Crippen LogP contribution in [0.15, 0.2) is 18.3 Å². The second kappa shape index (κ2) is 3.54. The number of pyridine rings is 1. The summed E-state index contributed by atoms with van der Waals surface area (Å²) in [4.78, 5) is 4.15. The van der Waals surface area contributed by atoms with Crippen LogP contribution in [0.5, 0.6) is 0 Å². The molecule has 12 heavy (non-hydrogen) atoms. The predicted octanol–water partition coefficient (Wildman–Crippen LogP) is 2.26. The van der Waals surface area contributed by atoms with E-state index in [-0.39, 0.29) is 0 Å². The molecular formula is C8H9ClN2S. The van der Waals surface area contributed by atoms with Crippen molar-refractivity contribution >= 4 is 29.2 Å². The molecular weight excluding hydrogens is 192 g/mol. The molecule has 0 aliphatic carbocycles. The molecule has 2 heterocycles. The highest BCUT2D eigenvalue weighted by Gasteiger charge is 2.17. The lowest BCUT2D eigenvalue weighted by Gasteiger charge is -2.26. The molecule has 0 saturated carbocycles. The van der Waals surface area contributed by atoms with Gasteiger partial charge in [-0.1, -0.05) is 11.6 Å². The standard InChI is InChI=1S/C8H9ClN2S/c9-6-1-2-8(10-3-6)11-7-4-12-5-7/h1-3,7H,4-5H2,(H,10,11). The van der Waals surface area contributed by atoms with Crippen LogP contribution in [0.2, 0.25) is 5.02 Å². The third-order valence-corrected chi connectivity index (χ3v) is 3.22. The molecule has 0 unspecified atom stereocenters. The molecule has 2 rings (SSSR count). The van der Waals surface area contributed by atoms with Gasteiger partial charge >= 0.3 is 0 Å². The maximum atomic E-state index is 5.70. The average Bonchev–Trinajstić information content (AvgIpc) is 2.00. The van der Waals surface area contributed by atoms with Crippen LogP contribution in [-0.2, 0) is 0 Å². The Hall–Kier alpha value is -0.410. The summed E-state index contributed by atoms with van der Waals surface area (Å²) >= 11 is 7.65. The van der Waals surface area contributed by atoms with E-state index >= 15 is 0 Å². The Morgan fingerprint density at radius 1 is 1.50 bits per heavy atom. The van der Waals surface area contributed by atoms with Gasteiger partial charge in [0.15, 0.2) is 0 Å². The summed E-state index contributed by atoms with van der Waals surface area (Å²) in [6.07, 6.45) is 1.66. The molecule has 1 N–H and O–H groups in total. The number of rotatable bonds is 2. The molecule has 0 radical (unpaired) electrons. The molecule has 1 fully saturated rings. The fourth-order valence-electron chi connectivity index (χ4n) is 0.989. The summed E-state index contributed by atoms with van der Waals surface area (Å²) in [5.74, 6) is 3.29. The normalized spacial score (nSPS) is 17.1. The minimum absolute atomic E-state index is 0.601. The van der Waals surface area contributed by atoms with E-state index in [1.165, 1.54) is 11.5 Å². The maximum Gasteiger partial charge on any atom is 0.126 e. The number of hydrogen-bond acceptors (Lipinski definition) is 3. The highest BCUT2D eigenvalue weighted by Crippen LogP contribution is 2.21. The van der Waals surface area contributed by atoms with Gasteiger partial charge in [-0.3, -0.25) is 0 Å². The lowest BCUT2D eigenvalue weighted by molar-refractivity contribution is 0.873. The first-order chi connectivity index (χ1) is 5.84. The van der Waals surface area contributed by atoms with Gasteiger partial charge in [0.25, 0.3) is 0 Å². The van der Waals surface area contributed by atoms with Crippen LogP contribution in [0.1, 0.15) is 0 Å². The Morgan fingerprint density at radius 2 is 2.33 bits per heavy atom. The Labute approximate surface area is 80.7 Å². The number of hydrogen-bond donors (Lipinski definition) is 1. The van der Waals surface area contributed by atoms with Crippen molar-refractivity contribution < 1.29 is 0 Å². The Morgan fingerprint density at radius 3 is 2.83 bits per heavy atom. The molecule has 1 aromatic rings. The summed E-state index contributed by atoms with van der Waals surface area (Å²) < 4.78 is 0. The van der Waals surface area contributed by atoms with Crippen molar-refractivity contribution in [3.8, 4) is 0 Å². The van der Waals surface area contributed by atoms with E-state index in [9.17, 15) is 0 Å². The lowest BCUT2D eigenvalue weighted by atomic mass is 10.3. The summed E-state index contributed by atoms with van der Waals surface area (Å²) in [5, 5.41) is 4.00. The van der Waals surface area contributed by atoms with Gasteiger partial charge in [0.1, 0.15) is 5.82 Å².